The number of hydrogen-bond acceptors (Lipinski definition) is 1. The molecule has 2 unspecified atom stereocenters. The summed E-state index contributed by atoms with van der Waals surface area (Å²) in [7, 11) is -0.0934. The lowest BCUT2D eigenvalue weighted by Crippen LogP contribution is -2.18. The molecular formula is C6H18OSi2. The van der Waals surface area contributed by atoms with E-state index in [0.717, 1.165) is 9.76 Å². The zero-order valence-electron chi connectivity index (χ0n) is 6.72. The van der Waals surface area contributed by atoms with Crippen molar-refractivity contribution in [2.75, 3.05) is 0 Å². The van der Waals surface area contributed by atoms with Crippen molar-refractivity contribution in [3.05, 3.63) is 0 Å². The van der Waals surface area contributed by atoms with E-state index in [9.17, 15) is 4.80 Å². The van der Waals surface area contributed by atoms with Gasteiger partial charge in [0.05, 0.1) is 0 Å². The molecule has 0 saturated heterocycles. The maximum atomic E-state index is 9.25. The molecule has 0 radical (unpaired) electrons. The van der Waals surface area contributed by atoms with E-state index in [0.29, 0.717) is 5.54 Å². The van der Waals surface area contributed by atoms with E-state index in [1.54, 1.807) is 0 Å². The van der Waals surface area contributed by atoms with Gasteiger partial charge in [0.15, 0.2) is 8.56 Å². The summed E-state index contributed by atoms with van der Waals surface area (Å²) in [6.07, 6.45) is 3.83. The molecular weight excluding hydrogens is 144 g/mol. The molecule has 9 heavy (non-hydrogen) atoms. The second kappa shape index (κ2) is 5.20. The van der Waals surface area contributed by atoms with Crippen LogP contribution in [0.25, 0.3) is 0 Å². The summed E-state index contributed by atoms with van der Waals surface area (Å²) < 4.78 is 0. The summed E-state index contributed by atoms with van der Waals surface area (Å²) in [4.78, 5) is 9.25. The third-order valence-corrected chi connectivity index (χ3v) is 7.23. The highest BCUT2D eigenvalue weighted by Crippen LogP contribution is 2.13. The van der Waals surface area contributed by atoms with Gasteiger partial charge in [-0.15, -0.1) is 0 Å². The Balaban J connectivity index is 3.16. The van der Waals surface area contributed by atoms with E-state index in [2.05, 4.69) is 13.8 Å². The van der Waals surface area contributed by atoms with Gasteiger partial charge in [0, 0.05) is 9.76 Å². The van der Waals surface area contributed by atoms with E-state index < -0.39 is 8.56 Å². The van der Waals surface area contributed by atoms with Crippen molar-refractivity contribution < 1.29 is 4.80 Å². The summed E-state index contributed by atoms with van der Waals surface area (Å²) in [6.45, 7) is 4.40. The van der Waals surface area contributed by atoms with Crippen LogP contribution in [-0.2, 0) is 0 Å². The Morgan fingerprint density at radius 3 is 2.56 bits per heavy atom. The lowest BCUT2D eigenvalue weighted by Gasteiger charge is -2.10. The predicted octanol–water partition coefficient (Wildman–Crippen LogP) is 0.145. The molecule has 0 heterocycles. The molecule has 0 rings (SSSR count). The topological polar surface area (TPSA) is 20.2 Å². The largest absolute Gasteiger partial charge is 0.438 e. The molecule has 3 heteroatoms. The van der Waals surface area contributed by atoms with Gasteiger partial charge in [0.25, 0.3) is 0 Å². The molecule has 0 saturated carbocycles. The molecule has 56 valence electrons. The monoisotopic (exact) mass is 162 g/mol. The molecule has 1 N–H and O–H groups in total. The Bertz CT molecular complexity index is 66.1. The van der Waals surface area contributed by atoms with Crippen LogP contribution in [0.15, 0.2) is 0 Å². The predicted molar refractivity (Wildman–Crippen MR) is 48.3 cm³/mol. The third kappa shape index (κ3) is 4.87. The zero-order valence-corrected chi connectivity index (χ0v) is 9.88. The Labute approximate surface area is 62.4 Å². The highest BCUT2D eigenvalue weighted by Gasteiger charge is 2.08. The van der Waals surface area contributed by atoms with E-state index >= 15 is 0 Å². The van der Waals surface area contributed by atoms with Gasteiger partial charge >= 0.3 is 0 Å². The Morgan fingerprint density at radius 2 is 2.22 bits per heavy atom. The van der Waals surface area contributed by atoms with Gasteiger partial charge in [-0.3, -0.25) is 0 Å². The molecule has 0 bridgehead atoms. The van der Waals surface area contributed by atoms with Crippen LogP contribution in [-0.4, -0.2) is 23.1 Å². The number of hydrogen-bond donors (Lipinski definition) is 1. The summed E-state index contributed by atoms with van der Waals surface area (Å²) in [6, 6.07) is 0. The first kappa shape index (κ1) is 9.39. The molecule has 2 atom stereocenters. The van der Waals surface area contributed by atoms with Crippen LogP contribution < -0.4 is 0 Å². The average molecular weight is 162 g/mol. The lowest BCUT2D eigenvalue weighted by atomic mass is 10.2. The normalized spacial score (nSPS) is 17.7. The van der Waals surface area contributed by atoms with Crippen molar-refractivity contribution in [1.82, 2.24) is 0 Å². The first-order chi connectivity index (χ1) is 4.18. The third-order valence-electron chi connectivity index (χ3n) is 1.84. The zero-order chi connectivity index (χ0) is 7.28. The van der Waals surface area contributed by atoms with Gasteiger partial charge in [0.1, 0.15) is 0 Å². The highest BCUT2D eigenvalue weighted by atomic mass is 29.2. The maximum Gasteiger partial charge on any atom is 0.152 e. The van der Waals surface area contributed by atoms with Crippen LogP contribution in [0.1, 0.15) is 33.1 Å². The van der Waals surface area contributed by atoms with Gasteiger partial charge in [-0.2, -0.15) is 0 Å². The number of rotatable bonds is 4. The summed E-state index contributed by atoms with van der Waals surface area (Å²) >= 11 is 0. The van der Waals surface area contributed by atoms with Crippen LogP contribution in [0.5, 0.6) is 0 Å². The fourth-order valence-corrected chi connectivity index (χ4v) is 2.49. The highest BCUT2D eigenvalue weighted by molar-refractivity contribution is 6.99. The minimum Gasteiger partial charge on any atom is -0.438 e. The van der Waals surface area contributed by atoms with Gasteiger partial charge in [-0.25, -0.2) is 0 Å². The van der Waals surface area contributed by atoms with Crippen LogP contribution in [0, 0.1) is 0 Å². The van der Waals surface area contributed by atoms with Gasteiger partial charge in [-0.1, -0.05) is 33.1 Å². The SMILES string of the molecule is CCCCC(C)[SiH](O)[SiH3]. The molecule has 0 aliphatic heterocycles. The molecule has 0 fully saturated rings. The van der Waals surface area contributed by atoms with Crippen molar-refractivity contribution in [3.63, 3.8) is 0 Å². The maximum absolute atomic E-state index is 9.25. The molecule has 0 aromatic heterocycles. The first-order valence-electron chi connectivity index (χ1n) is 3.86. The molecule has 0 aliphatic carbocycles. The Morgan fingerprint density at radius 1 is 1.67 bits per heavy atom. The lowest BCUT2D eigenvalue weighted by molar-refractivity contribution is 0.553. The van der Waals surface area contributed by atoms with Crippen molar-refractivity contribution in [2.24, 2.45) is 0 Å². The summed E-state index contributed by atoms with van der Waals surface area (Å²) in [5.41, 5.74) is 0.677. The molecule has 1 nitrogen and oxygen atoms in total. The second-order valence-electron chi connectivity index (χ2n) is 2.86. The fraction of sp³-hybridized carbons (Fsp3) is 1.00. The molecule has 0 aromatic carbocycles. The minimum atomic E-state index is -1.16. The van der Waals surface area contributed by atoms with Gasteiger partial charge in [-0.05, 0) is 5.54 Å². The average Bonchev–Trinajstić information content (AvgIpc) is 1.82. The quantitative estimate of drug-likeness (QED) is 0.583. The second-order valence-corrected chi connectivity index (χ2v) is 9.03. The van der Waals surface area contributed by atoms with Gasteiger partial charge in [0.2, 0.25) is 0 Å². The van der Waals surface area contributed by atoms with E-state index in [-0.39, 0.29) is 0 Å². The summed E-state index contributed by atoms with van der Waals surface area (Å²) in [5, 5.41) is 0. The fourth-order valence-electron chi connectivity index (χ4n) is 0.767. The molecule has 0 aromatic rings. The standard InChI is InChI=1S/C6H18OSi2/c1-3-4-5-6(2)9(7)8/h6-7,9H,3-5H2,1-2,8H3. The van der Waals surface area contributed by atoms with Crippen LogP contribution in [0.2, 0.25) is 5.54 Å². The molecule has 0 amide bonds. The van der Waals surface area contributed by atoms with E-state index in [4.69, 9.17) is 0 Å². The number of unbranched alkanes of at least 4 members (excludes halogenated alkanes) is 1. The van der Waals surface area contributed by atoms with E-state index in [1.165, 1.54) is 19.3 Å². The van der Waals surface area contributed by atoms with Crippen molar-refractivity contribution in [1.29, 1.82) is 0 Å². The van der Waals surface area contributed by atoms with Crippen LogP contribution in [0.3, 0.4) is 0 Å². The van der Waals surface area contributed by atoms with Crippen LogP contribution >= 0.6 is 0 Å². The smallest absolute Gasteiger partial charge is 0.152 e. The Hall–Kier alpha value is 0.394. The van der Waals surface area contributed by atoms with Crippen molar-refractivity contribution in [3.8, 4) is 0 Å². The van der Waals surface area contributed by atoms with Crippen LogP contribution in [0.4, 0.5) is 0 Å². The van der Waals surface area contributed by atoms with Gasteiger partial charge < -0.3 is 4.80 Å². The molecule has 0 aliphatic rings. The minimum absolute atomic E-state index is 0.677. The summed E-state index contributed by atoms with van der Waals surface area (Å²) in [5.74, 6) is 0. The van der Waals surface area contributed by atoms with E-state index in [1.807, 2.05) is 0 Å². The first-order valence-corrected chi connectivity index (χ1v) is 9.66. The van der Waals surface area contributed by atoms with Crippen molar-refractivity contribution in [2.45, 2.75) is 38.7 Å². The van der Waals surface area contributed by atoms with Crippen molar-refractivity contribution >= 4 is 18.3 Å². The Kier molecular flexibility index (Phi) is 5.43. The molecule has 0 spiro atoms.